The molecule has 1 aromatic carbocycles. The van der Waals surface area contributed by atoms with Crippen LogP contribution in [0.3, 0.4) is 0 Å². The van der Waals surface area contributed by atoms with E-state index in [9.17, 15) is 4.79 Å². The predicted octanol–water partition coefficient (Wildman–Crippen LogP) is 3.83. The molecule has 0 radical (unpaired) electrons. The smallest absolute Gasteiger partial charge is 0.266 e. The van der Waals surface area contributed by atoms with Gasteiger partial charge in [-0.15, -0.1) is 0 Å². The van der Waals surface area contributed by atoms with E-state index < -0.39 is 0 Å². The van der Waals surface area contributed by atoms with E-state index in [0.29, 0.717) is 28.8 Å². The van der Waals surface area contributed by atoms with E-state index in [1.54, 1.807) is 23.1 Å². The Morgan fingerprint density at radius 1 is 1.29 bits per heavy atom. The van der Waals surface area contributed by atoms with Crippen LogP contribution in [0.5, 0.6) is 0 Å². The molecule has 1 amide bonds. The standard InChI is InChI=1S/C15H15Cl2N3O/c16-12-5-4-6-13(14(12)17)19-10-11(9-18)15(21)20-7-2-1-3-8-20/h4-6,10,19H,1-3,7-8H2/b11-10-. The van der Waals surface area contributed by atoms with Crippen molar-refractivity contribution in [3.8, 4) is 6.07 Å². The summed E-state index contributed by atoms with van der Waals surface area (Å²) in [6, 6.07) is 7.07. The lowest BCUT2D eigenvalue weighted by molar-refractivity contribution is -0.127. The van der Waals surface area contributed by atoms with E-state index in [1.807, 2.05) is 6.07 Å². The van der Waals surface area contributed by atoms with Gasteiger partial charge < -0.3 is 10.2 Å². The van der Waals surface area contributed by atoms with Crippen LogP contribution in [0.1, 0.15) is 19.3 Å². The van der Waals surface area contributed by atoms with Crippen LogP contribution in [0.15, 0.2) is 30.0 Å². The number of carbonyl (C=O) groups is 1. The normalized spacial score (nSPS) is 15.5. The van der Waals surface area contributed by atoms with Gasteiger partial charge in [0.15, 0.2) is 0 Å². The number of carbonyl (C=O) groups excluding carboxylic acids is 1. The maximum atomic E-state index is 12.2. The predicted molar refractivity (Wildman–Crippen MR) is 84.2 cm³/mol. The Balaban J connectivity index is 2.11. The fourth-order valence-corrected chi connectivity index (χ4v) is 2.53. The molecule has 1 aliphatic rings. The molecule has 6 heteroatoms. The van der Waals surface area contributed by atoms with Crippen LogP contribution in [0.4, 0.5) is 5.69 Å². The van der Waals surface area contributed by atoms with Crippen LogP contribution in [-0.2, 0) is 4.79 Å². The fraction of sp³-hybridized carbons (Fsp3) is 0.333. The molecule has 0 atom stereocenters. The summed E-state index contributed by atoms with van der Waals surface area (Å²) < 4.78 is 0. The quantitative estimate of drug-likeness (QED) is 0.679. The molecule has 0 bridgehead atoms. The number of amides is 1. The SMILES string of the molecule is N#C/C(=C/Nc1cccc(Cl)c1Cl)C(=O)N1CCCCC1. The molecule has 0 aromatic heterocycles. The van der Waals surface area contributed by atoms with Gasteiger partial charge in [0, 0.05) is 19.3 Å². The third-order valence-electron chi connectivity index (χ3n) is 3.32. The Kier molecular flexibility index (Phi) is 5.49. The summed E-state index contributed by atoms with van der Waals surface area (Å²) in [7, 11) is 0. The first-order chi connectivity index (χ1) is 10.1. The third-order valence-corrected chi connectivity index (χ3v) is 4.14. The van der Waals surface area contributed by atoms with E-state index in [0.717, 1.165) is 19.3 Å². The van der Waals surface area contributed by atoms with Crippen molar-refractivity contribution < 1.29 is 4.79 Å². The van der Waals surface area contributed by atoms with Crippen LogP contribution in [0.25, 0.3) is 0 Å². The zero-order chi connectivity index (χ0) is 15.2. The monoisotopic (exact) mass is 323 g/mol. The third kappa shape index (κ3) is 3.90. The Hall–Kier alpha value is -1.70. The Labute approximate surface area is 133 Å². The molecule has 0 spiro atoms. The van der Waals surface area contributed by atoms with Gasteiger partial charge in [-0.2, -0.15) is 5.26 Å². The number of nitrogens with zero attached hydrogens (tertiary/aromatic N) is 2. The Morgan fingerprint density at radius 3 is 2.67 bits per heavy atom. The van der Waals surface area contributed by atoms with E-state index in [1.165, 1.54) is 6.20 Å². The summed E-state index contributed by atoms with van der Waals surface area (Å²) >= 11 is 12.0. The fourth-order valence-electron chi connectivity index (χ4n) is 2.17. The summed E-state index contributed by atoms with van der Waals surface area (Å²) in [6.07, 6.45) is 4.48. The molecular formula is C15H15Cl2N3O. The zero-order valence-corrected chi connectivity index (χ0v) is 12.9. The van der Waals surface area contributed by atoms with Gasteiger partial charge in [0.05, 0.1) is 15.7 Å². The van der Waals surface area contributed by atoms with Gasteiger partial charge in [0.2, 0.25) is 0 Å². The van der Waals surface area contributed by atoms with Crippen molar-refractivity contribution in [3.63, 3.8) is 0 Å². The lowest BCUT2D eigenvalue weighted by Gasteiger charge is -2.26. The first-order valence-electron chi connectivity index (χ1n) is 6.73. The number of likely N-dealkylation sites (tertiary alicyclic amines) is 1. The average molecular weight is 324 g/mol. The molecule has 0 saturated carbocycles. The lowest BCUT2D eigenvalue weighted by Crippen LogP contribution is -2.36. The van der Waals surface area contributed by atoms with E-state index in [4.69, 9.17) is 28.5 Å². The second kappa shape index (κ2) is 7.35. The highest BCUT2D eigenvalue weighted by atomic mass is 35.5. The maximum Gasteiger partial charge on any atom is 0.266 e. The number of rotatable bonds is 3. The van der Waals surface area contributed by atoms with Crippen LogP contribution < -0.4 is 5.32 Å². The number of nitriles is 1. The number of halogens is 2. The number of nitrogens with one attached hydrogen (secondary N) is 1. The second-order valence-electron chi connectivity index (χ2n) is 4.77. The van der Waals surface area contributed by atoms with Crippen molar-refractivity contribution in [2.45, 2.75) is 19.3 Å². The van der Waals surface area contributed by atoms with Gasteiger partial charge in [0.1, 0.15) is 11.6 Å². The molecule has 0 aliphatic carbocycles. The lowest BCUT2D eigenvalue weighted by atomic mass is 10.1. The first kappa shape index (κ1) is 15.7. The first-order valence-corrected chi connectivity index (χ1v) is 7.49. The minimum atomic E-state index is -0.247. The van der Waals surface area contributed by atoms with Crippen molar-refractivity contribution in [1.29, 1.82) is 5.26 Å². The van der Waals surface area contributed by atoms with Crippen molar-refractivity contribution in [1.82, 2.24) is 4.90 Å². The molecular weight excluding hydrogens is 309 g/mol. The Morgan fingerprint density at radius 2 is 2.00 bits per heavy atom. The van der Waals surface area contributed by atoms with Crippen LogP contribution >= 0.6 is 23.2 Å². The molecule has 1 aliphatic heterocycles. The van der Waals surface area contributed by atoms with Crippen molar-refractivity contribution in [2.75, 3.05) is 18.4 Å². The highest BCUT2D eigenvalue weighted by Crippen LogP contribution is 2.29. The van der Waals surface area contributed by atoms with Crippen molar-refractivity contribution in [3.05, 3.63) is 40.0 Å². The number of anilines is 1. The summed E-state index contributed by atoms with van der Waals surface area (Å²) in [4.78, 5) is 13.9. The molecule has 4 nitrogen and oxygen atoms in total. The summed E-state index contributed by atoms with van der Waals surface area (Å²) in [5.41, 5.74) is 0.622. The molecule has 1 heterocycles. The summed E-state index contributed by atoms with van der Waals surface area (Å²) in [6.45, 7) is 1.41. The number of piperidine rings is 1. The number of hydrogen-bond donors (Lipinski definition) is 1. The molecule has 1 fully saturated rings. The van der Waals surface area contributed by atoms with Crippen LogP contribution in [0, 0.1) is 11.3 Å². The molecule has 110 valence electrons. The highest BCUT2D eigenvalue weighted by Gasteiger charge is 2.20. The van der Waals surface area contributed by atoms with Gasteiger partial charge >= 0.3 is 0 Å². The average Bonchev–Trinajstić information content (AvgIpc) is 2.52. The highest BCUT2D eigenvalue weighted by molar-refractivity contribution is 6.43. The van der Waals surface area contributed by atoms with Crippen molar-refractivity contribution >= 4 is 34.8 Å². The van der Waals surface area contributed by atoms with Crippen LogP contribution in [-0.4, -0.2) is 23.9 Å². The molecule has 1 aromatic rings. The van der Waals surface area contributed by atoms with Gasteiger partial charge in [-0.3, -0.25) is 4.79 Å². The van der Waals surface area contributed by atoms with Crippen LogP contribution in [0.2, 0.25) is 10.0 Å². The maximum absolute atomic E-state index is 12.2. The van der Waals surface area contributed by atoms with Gasteiger partial charge in [-0.25, -0.2) is 0 Å². The van der Waals surface area contributed by atoms with E-state index in [-0.39, 0.29) is 11.5 Å². The summed E-state index contributed by atoms with van der Waals surface area (Å²) in [5, 5.41) is 12.8. The van der Waals surface area contributed by atoms with Gasteiger partial charge in [0.25, 0.3) is 5.91 Å². The largest absolute Gasteiger partial charge is 0.359 e. The molecule has 0 unspecified atom stereocenters. The number of benzene rings is 1. The zero-order valence-electron chi connectivity index (χ0n) is 11.4. The van der Waals surface area contributed by atoms with E-state index >= 15 is 0 Å². The molecule has 2 rings (SSSR count). The number of hydrogen-bond acceptors (Lipinski definition) is 3. The minimum absolute atomic E-state index is 0.0629. The molecule has 21 heavy (non-hydrogen) atoms. The molecule has 1 saturated heterocycles. The second-order valence-corrected chi connectivity index (χ2v) is 5.55. The van der Waals surface area contributed by atoms with Crippen molar-refractivity contribution in [2.24, 2.45) is 0 Å². The summed E-state index contributed by atoms with van der Waals surface area (Å²) in [5.74, 6) is -0.247. The van der Waals surface area contributed by atoms with Gasteiger partial charge in [-0.05, 0) is 31.4 Å². The minimum Gasteiger partial charge on any atom is -0.359 e. The van der Waals surface area contributed by atoms with E-state index in [2.05, 4.69) is 5.32 Å². The molecule has 1 N–H and O–H groups in total. The van der Waals surface area contributed by atoms with Gasteiger partial charge in [-0.1, -0.05) is 29.3 Å². The Bertz CT molecular complexity index is 601. The topological polar surface area (TPSA) is 56.1 Å².